The van der Waals surface area contributed by atoms with Crippen LogP contribution in [-0.4, -0.2) is 16.3 Å². The Hall–Kier alpha value is -2.36. The summed E-state index contributed by atoms with van der Waals surface area (Å²) in [5.74, 6) is 0. The lowest BCUT2D eigenvalue weighted by molar-refractivity contribution is 0.712. The molecule has 1 heterocycles. The summed E-state index contributed by atoms with van der Waals surface area (Å²) in [5.41, 5.74) is 2.88. The zero-order valence-corrected chi connectivity index (χ0v) is 11.2. The van der Waals surface area contributed by atoms with Crippen molar-refractivity contribution in [1.82, 2.24) is 9.78 Å². The van der Waals surface area contributed by atoms with Crippen LogP contribution in [0.2, 0.25) is 0 Å². The Bertz CT molecular complexity index is 644. The molecule has 0 saturated heterocycles. The minimum absolute atomic E-state index is 0.142. The number of hydrogen-bond acceptors (Lipinski definition) is 3. The molecule has 0 amide bonds. The smallest absolute Gasteiger partial charge is 0.290 e. The number of anilines is 1. The van der Waals surface area contributed by atoms with Gasteiger partial charge in [-0.05, 0) is 6.92 Å². The van der Waals surface area contributed by atoms with Gasteiger partial charge in [0.15, 0.2) is 0 Å². The molecule has 1 aromatic heterocycles. The molecule has 0 atom stereocenters. The van der Waals surface area contributed by atoms with Gasteiger partial charge in [0.1, 0.15) is 11.4 Å². The van der Waals surface area contributed by atoms with Crippen LogP contribution < -0.4 is 10.9 Å². The number of aryl methyl sites for hydroxylation is 1. The Morgan fingerprint density at radius 2 is 2.05 bits per heavy atom. The zero-order valence-electron chi connectivity index (χ0n) is 11.2. The summed E-state index contributed by atoms with van der Waals surface area (Å²) in [6.07, 6.45) is 1.68. The lowest BCUT2D eigenvalue weighted by Gasteiger charge is -2.13. The van der Waals surface area contributed by atoms with Crippen molar-refractivity contribution in [2.24, 2.45) is 7.05 Å². The molecule has 0 saturated carbocycles. The van der Waals surface area contributed by atoms with E-state index in [-0.39, 0.29) is 5.56 Å². The van der Waals surface area contributed by atoms with Crippen LogP contribution in [0, 0.1) is 0 Å². The highest BCUT2D eigenvalue weighted by molar-refractivity contribution is 5.79. The van der Waals surface area contributed by atoms with Crippen molar-refractivity contribution >= 4 is 11.8 Å². The molecule has 4 nitrogen and oxygen atoms in total. The number of aromatic nitrogens is 2. The first-order valence-electron chi connectivity index (χ1n) is 6.22. The van der Waals surface area contributed by atoms with Crippen molar-refractivity contribution in [3.8, 4) is 11.3 Å². The molecule has 0 radical (unpaired) electrons. The van der Waals surface area contributed by atoms with Gasteiger partial charge in [-0.3, -0.25) is 4.79 Å². The Morgan fingerprint density at radius 1 is 1.37 bits per heavy atom. The molecule has 0 aliphatic heterocycles. The Balaban J connectivity index is 2.75. The first kappa shape index (κ1) is 13.1. The van der Waals surface area contributed by atoms with Gasteiger partial charge in [0, 0.05) is 24.7 Å². The fourth-order valence-electron chi connectivity index (χ4n) is 2.00. The van der Waals surface area contributed by atoms with Crippen LogP contribution in [0.4, 0.5) is 5.69 Å². The quantitative estimate of drug-likeness (QED) is 0.913. The van der Waals surface area contributed by atoms with Crippen LogP contribution in [-0.2, 0) is 7.05 Å². The van der Waals surface area contributed by atoms with Gasteiger partial charge in [0.05, 0.1) is 0 Å². The maximum absolute atomic E-state index is 12.1. The van der Waals surface area contributed by atoms with Gasteiger partial charge in [-0.25, -0.2) is 4.68 Å². The maximum Gasteiger partial charge on any atom is 0.290 e. The third-order valence-electron chi connectivity index (χ3n) is 2.89. The largest absolute Gasteiger partial charge is 0.380 e. The summed E-state index contributed by atoms with van der Waals surface area (Å²) in [4.78, 5) is 12.1. The van der Waals surface area contributed by atoms with E-state index in [4.69, 9.17) is 0 Å². The van der Waals surface area contributed by atoms with Gasteiger partial charge in [-0.2, -0.15) is 5.10 Å². The van der Waals surface area contributed by atoms with Crippen LogP contribution in [0.1, 0.15) is 12.5 Å². The van der Waals surface area contributed by atoms with E-state index in [9.17, 15) is 4.79 Å². The Morgan fingerprint density at radius 3 is 2.63 bits per heavy atom. The number of benzene rings is 1. The molecule has 2 rings (SSSR count). The number of rotatable bonds is 4. The molecular formula is C15H17N3O. The molecule has 19 heavy (non-hydrogen) atoms. The van der Waals surface area contributed by atoms with Crippen LogP contribution in [0.5, 0.6) is 0 Å². The molecule has 0 unspecified atom stereocenters. The molecule has 1 aromatic carbocycles. The molecule has 0 aliphatic carbocycles. The predicted molar refractivity (Wildman–Crippen MR) is 79.2 cm³/mol. The molecule has 4 heteroatoms. The second kappa shape index (κ2) is 5.52. The van der Waals surface area contributed by atoms with E-state index in [1.807, 2.05) is 37.3 Å². The third-order valence-corrected chi connectivity index (χ3v) is 2.89. The molecule has 0 aliphatic rings. The van der Waals surface area contributed by atoms with Crippen LogP contribution in [0.15, 0.2) is 41.7 Å². The fourth-order valence-corrected chi connectivity index (χ4v) is 2.00. The molecule has 1 N–H and O–H groups in total. The second-order valence-electron chi connectivity index (χ2n) is 4.17. The van der Waals surface area contributed by atoms with Crippen molar-refractivity contribution < 1.29 is 0 Å². The number of nitrogens with one attached hydrogen (secondary N) is 1. The highest BCUT2D eigenvalue weighted by Gasteiger charge is 2.14. The molecular weight excluding hydrogens is 238 g/mol. The maximum atomic E-state index is 12.1. The van der Waals surface area contributed by atoms with Gasteiger partial charge >= 0.3 is 0 Å². The van der Waals surface area contributed by atoms with E-state index in [0.717, 1.165) is 16.8 Å². The minimum atomic E-state index is -0.142. The highest BCUT2D eigenvalue weighted by atomic mass is 16.1. The standard InChI is InChI=1S/C15H17N3O/c1-4-12-13(11-9-7-6-8-10-11)17-18(3)15(19)14(12)16-5-2/h4,6-10,16H,1,5H2,2-3H3. The summed E-state index contributed by atoms with van der Waals surface area (Å²) in [6.45, 7) is 6.43. The van der Waals surface area contributed by atoms with Gasteiger partial charge in [-0.1, -0.05) is 43.0 Å². The molecule has 0 spiro atoms. The Kier molecular flexibility index (Phi) is 3.80. The normalized spacial score (nSPS) is 10.2. The molecule has 98 valence electrons. The van der Waals surface area contributed by atoms with Gasteiger partial charge in [0.2, 0.25) is 0 Å². The van der Waals surface area contributed by atoms with Gasteiger partial charge < -0.3 is 5.32 Å². The lowest BCUT2D eigenvalue weighted by atomic mass is 10.1. The summed E-state index contributed by atoms with van der Waals surface area (Å²) in [7, 11) is 1.66. The number of hydrogen-bond donors (Lipinski definition) is 1. The van der Waals surface area contributed by atoms with E-state index in [1.165, 1.54) is 4.68 Å². The zero-order chi connectivity index (χ0) is 13.8. The average Bonchev–Trinajstić information content (AvgIpc) is 2.45. The van der Waals surface area contributed by atoms with Crippen molar-refractivity contribution in [2.75, 3.05) is 11.9 Å². The fraction of sp³-hybridized carbons (Fsp3) is 0.200. The SMILES string of the molecule is C=Cc1c(-c2ccccc2)nn(C)c(=O)c1NCC. The van der Waals surface area contributed by atoms with E-state index in [2.05, 4.69) is 17.0 Å². The second-order valence-corrected chi connectivity index (χ2v) is 4.17. The molecule has 0 bridgehead atoms. The van der Waals surface area contributed by atoms with Gasteiger partial charge in [-0.15, -0.1) is 0 Å². The topological polar surface area (TPSA) is 46.9 Å². The monoisotopic (exact) mass is 255 g/mol. The first-order valence-corrected chi connectivity index (χ1v) is 6.22. The highest BCUT2D eigenvalue weighted by Crippen LogP contribution is 2.25. The summed E-state index contributed by atoms with van der Waals surface area (Å²) in [5, 5.41) is 7.45. The van der Waals surface area contributed by atoms with Crippen LogP contribution >= 0.6 is 0 Å². The molecule has 2 aromatic rings. The Labute approximate surface area is 112 Å². The van der Waals surface area contributed by atoms with E-state index in [0.29, 0.717) is 12.2 Å². The van der Waals surface area contributed by atoms with Crippen LogP contribution in [0.25, 0.3) is 17.3 Å². The number of nitrogens with zero attached hydrogens (tertiary/aromatic N) is 2. The molecule has 0 fully saturated rings. The average molecular weight is 255 g/mol. The van der Waals surface area contributed by atoms with Crippen LogP contribution in [0.3, 0.4) is 0 Å². The van der Waals surface area contributed by atoms with Gasteiger partial charge in [0.25, 0.3) is 5.56 Å². The minimum Gasteiger partial charge on any atom is -0.380 e. The first-order chi connectivity index (χ1) is 9.19. The van der Waals surface area contributed by atoms with Crippen molar-refractivity contribution in [1.29, 1.82) is 0 Å². The summed E-state index contributed by atoms with van der Waals surface area (Å²) in [6, 6.07) is 9.78. The van der Waals surface area contributed by atoms with E-state index >= 15 is 0 Å². The van der Waals surface area contributed by atoms with E-state index < -0.39 is 0 Å². The third kappa shape index (κ3) is 2.42. The van der Waals surface area contributed by atoms with E-state index in [1.54, 1.807) is 13.1 Å². The van der Waals surface area contributed by atoms with Crippen molar-refractivity contribution in [3.63, 3.8) is 0 Å². The predicted octanol–water partition coefficient (Wildman–Crippen LogP) is 2.52. The lowest BCUT2D eigenvalue weighted by Crippen LogP contribution is -2.25. The van der Waals surface area contributed by atoms with Crippen molar-refractivity contribution in [2.45, 2.75) is 6.92 Å². The summed E-state index contributed by atoms with van der Waals surface area (Å²) < 4.78 is 1.35. The van der Waals surface area contributed by atoms with Crippen molar-refractivity contribution in [3.05, 3.63) is 52.8 Å². The summed E-state index contributed by atoms with van der Waals surface area (Å²) >= 11 is 0.